The Bertz CT molecular complexity index is 541. The average Bonchev–Trinajstić information content (AvgIpc) is 2.37. The average molecular weight is 293 g/mol. The van der Waals surface area contributed by atoms with Gasteiger partial charge >= 0.3 is 11.9 Å². The lowest BCUT2D eigenvalue weighted by atomic mass is 10.2. The summed E-state index contributed by atoms with van der Waals surface area (Å²) in [5.41, 5.74) is 0.610. The Morgan fingerprint density at radius 3 is 2.15 bits per heavy atom. The van der Waals surface area contributed by atoms with Crippen molar-refractivity contribution in [3.63, 3.8) is 0 Å². The van der Waals surface area contributed by atoms with Crippen molar-refractivity contribution in [2.75, 3.05) is 11.6 Å². The quantitative estimate of drug-likeness (QED) is 0.400. The number of esters is 2. The normalized spacial score (nSPS) is 17.2. The van der Waals surface area contributed by atoms with Gasteiger partial charge in [-0.3, -0.25) is 0 Å². The molecule has 1 aromatic rings. The molecule has 20 heavy (non-hydrogen) atoms. The van der Waals surface area contributed by atoms with Crippen LogP contribution in [-0.2, 0) is 19.1 Å². The molecule has 0 spiro atoms. The van der Waals surface area contributed by atoms with Gasteiger partial charge in [0.1, 0.15) is 0 Å². The second-order valence-electron chi connectivity index (χ2n) is 4.61. The molecule has 0 aliphatic carbocycles. The Balaban J connectivity index is 2.10. The number of benzene rings is 1. The van der Waals surface area contributed by atoms with E-state index in [4.69, 9.17) is 9.47 Å². The monoisotopic (exact) mass is 293 g/mol. The molecule has 106 valence electrons. The van der Waals surface area contributed by atoms with Gasteiger partial charge in [0.05, 0.1) is 0 Å². The van der Waals surface area contributed by atoms with Crippen molar-refractivity contribution in [2.24, 2.45) is 0 Å². The molecule has 1 fully saturated rings. The number of carbonyl (C=O) groups is 2. The summed E-state index contributed by atoms with van der Waals surface area (Å²) in [5, 5.41) is 2.88. The van der Waals surface area contributed by atoms with Crippen molar-refractivity contribution in [3.8, 4) is 0 Å². The first-order valence-corrected chi connectivity index (χ1v) is 7.21. The molecule has 0 atom stereocenters. The molecule has 0 unspecified atom stereocenters. The van der Waals surface area contributed by atoms with Crippen LogP contribution in [0.3, 0.4) is 0 Å². The van der Waals surface area contributed by atoms with Crippen molar-refractivity contribution in [2.45, 2.75) is 24.5 Å². The smallest absolute Gasteiger partial charge is 0.350 e. The van der Waals surface area contributed by atoms with Crippen LogP contribution in [0.15, 0.2) is 40.9 Å². The van der Waals surface area contributed by atoms with Gasteiger partial charge in [0.25, 0.3) is 5.79 Å². The van der Waals surface area contributed by atoms with E-state index in [9.17, 15) is 9.59 Å². The molecule has 1 heterocycles. The van der Waals surface area contributed by atoms with Gasteiger partial charge in [-0.25, -0.2) is 9.59 Å². The molecule has 0 amide bonds. The fraction of sp³-hybridized carbons (Fsp3) is 0.286. The molecule has 1 aliphatic rings. The van der Waals surface area contributed by atoms with Crippen LogP contribution in [0.25, 0.3) is 0 Å². The van der Waals surface area contributed by atoms with Gasteiger partial charge < -0.3 is 14.8 Å². The van der Waals surface area contributed by atoms with Crippen molar-refractivity contribution in [1.82, 2.24) is 0 Å². The first kappa shape index (κ1) is 14.5. The lowest BCUT2D eigenvalue weighted by Crippen LogP contribution is -2.42. The van der Waals surface area contributed by atoms with E-state index in [1.807, 2.05) is 30.5 Å². The molecule has 5 nitrogen and oxygen atoms in total. The molecule has 2 rings (SSSR count). The van der Waals surface area contributed by atoms with E-state index >= 15 is 0 Å². The number of nitrogens with one attached hydrogen (secondary N) is 1. The summed E-state index contributed by atoms with van der Waals surface area (Å²) >= 11 is 1.63. The molecule has 1 saturated heterocycles. The highest BCUT2D eigenvalue weighted by atomic mass is 32.2. The predicted octanol–water partition coefficient (Wildman–Crippen LogP) is 2.54. The first-order valence-electron chi connectivity index (χ1n) is 5.99. The van der Waals surface area contributed by atoms with Crippen LogP contribution in [0.4, 0.5) is 5.69 Å². The van der Waals surface area contributed by atoms with E-state index in [-0.39, 0.29) is 5.57 Å². The van der Waals surface area contributed by atoms with Gasteiger partial charge in [0.15, 0.2) is 5.57 Å². The van der Waals surface area contributed by atoms with Crippen LogP contribution in [0.1, 0.15) is 13.8 Å². The number of cyclic esters (lactones) is 2. The molecule has 0 radical (unpaired) electrons. The zero-order valence-corrected chi connectivity index (χ0v) is 12.2. The topological polar surface area (TPSA) is 64.6 Å². The highest BCUT2D eigenvalue weighted by Crippen LogP contribution is 2.23. The molecule has 0 aromatic heterocycles. The Kier molecular flexibility index (Phi) is 4.04. The fourth-order valence-corrected chi connectivity index (χ4v) is 2.03. The lowest BCUT2D eigenvalue weighted by molar-refractivity contribution is -0.222. The van der Waals surface area contributed by atoms with E-state index in [2.05, 4.69) is 5.32 Å². The first-order chi connectivity index (χ1) is 9.41. The number of hydrogen-bond acceptors (Lipinski definition) is 6. The van der Waals surface area contributed by atoms with Crippen LogP contribution in [0, 0.1) is 0 Å². The molecule has 1 aromatic carbocycles. The van der Waals surface area contributed by atoms with Crippen LogP contribution in [0.5, 0.6) is 0 Å². The van der Waals surface area contributed by atoms with E-state index < -0.39 is 17.7 Å². The molecular weight excluding hydrogens is 278 g/mol. The van der Waals surface area contributed by atoms with Crippen LogP contribution in [-0.4, -0.2) is 24.0 Å². The molecule has 1 aliphatic heterocycles. The van der Waals surface area contributed by atoms with Gasteiger partial charge in [-0.2, -0.15) is 0 Å². The van der Waals surface area contributed by atoms with Gasteiger partial charge in [0, 0.05) is 30.6 Å². The fourth-order valence-electron chi connectivity index (χ4n) is 1.62. The van der Waals surface area contributed by atoms with Crippen LogP contribution < -0.4 is 5.32 Å². The largest absolute Gasteiger partial charge is 0.419 e. The Hall–Kier alpha value is -1.95. The van der Waals surface area contributed by atoms with Gasteiger partial charge in [-0.1, -0.05) is 0 Å². The van der Waals surface area contributed by atoms with Crippen molar-refractivity contribution >= 4 is 29.4 Å². The van der Waals surface area contributed by atoms with E-state index in [1.54, 1.807) is 11.8 Å². The summed E-state index contributed by atoms with van der Waals surface area (Å²) in [6.45, 7) is 3.02. The lowest BCUT2D eigenvalue weighted by Gasteiger charge is -2.29. The highest BCUT2D eigenvalue weighted by molar-refractivity contribution is 7.98. The SMILES string of the molecule is CSc1ccc(NC=C2C(=O)OC(C)(C)OC2=O)cc1. The summed E-state index contributed by atoms with van der Waals surface area (Å²) in [6, 6.07) is 7.58. The second kappa shape index (κ2) is 5.58. The number of rotatable bonds is 3. The summed E-state index contributed by atoms with van der Waals surface area (Å²) in [5.74, 6) is -2.61. The van der Waals surface area contributed by atoms with Gasteiger partial charge in [0.2, 0.25) is 0 Å². The van der Waals surface area contributed by atoms with Crippen molar-refractivity contribution in [1.29, 1.82) is 0 Å². The number of carbonyl (C=O) groups excluding carboxylic acids is 2. The maximum atomic E-state index is 11.7. The third-order valence-electron chi connectivity index (χ3n) is 2.59. The van der Waals surface area contributed by atoms with Crippen molar-refractivity contribution in [3.05, 3.63) is 36.0 Å². The van der Waals surface area contributed by atoms with Crippen LogP contribution in [0.2, 0.25) is 0 Å². The Labute approximate surface area is 121 Å². The minimum Gasteiger partial charge on any atom is -0.419 e. The molecule has 1 N–H and O–H groups in total. The maximum Gasteiger partial charge on any atom is 0.350 e. The third kappa shape index (κ3) is 3.33. The van der Waals surface area contributed by atoms with E-state index in [1.165, 1.54) is 20.0 Å². The minimum atomic E-state index is -1.22. The Morgan fingerprint density at radius 2 is 1.65 bits per heavy atom. The van der Waals surface area contributed by atoms with Gasteiger partial charge in [-0.05, 0) is 30.5 Å². The standard InChI is InChI=1S/C14H15NO4S/c1-14(2)18-12(16)11(13(17)19-14)8-15-9-4-6-10(20-3)7-5-9/h4-8,15H,1-3H3. The summed E-state index contributed by atoms with van der Waals surface area (Å²) < 4.78 is 9.98. The third-order valence-corrected chi connectivity index (χ3v) is 3.33. The number of thioether (sulfide) groups is 1. The second-order valence-corrected chi connectivity index (χ2v) is 5.49. The number of hydrogen-bond donors (Lipinski definition) is 1. The zero-order valence-electron chi connectivity index (χ0n) is 11.4. The maximum absolute atomic E-state index is 11.7. The van der Waals surface area contributed by atoms with E-state index in [0.29, 0.717) is 0 Å². The molecular formula is C14H15NO4S. The highest BCUT2D eigenvalue weighted by Gasteiger charge is 2.38. The summed E-state index contributed by atoms with van der Waals surface area (Å²) in [6.07, 6.45) is 3.29. The van der Waals surface area contributed by atoms with Crippen molar-refractivity contribution < 1.29 is 19.1 Å². The molecule has 0 saturated carbocycles. The van der Waals surface area contributed by atoms with Crippen LogP contribution >= 0.6 is 11.8 Å². The van der Waals surface area contributed by atoms with Gasteiger partial charge in [-0.15, -0.1) is 11.8 Å². The van der Waals surface area contributed by atoms with E-state index in [0.717, 1.165) is 10.6 Å². The predicted molar refractivity (Wildman–Crippen MR) is 76.2 cm³/mol. The molecule has 0 bridgehead atoms. The Morgan fingerprint density at radius 1 is 1.10 bits per heavy atom. The number of ether oxygens (including phenoxy) is 2. The zero-order chi connectivity index (χ0) is 14.8. The minimum absolute atomic E-state index is 0.154. The number of anilines is 1. The summed E-state index contributed by atoms with van der Waals surface area (Å²) in [7, 11) is 0. The summed E-state index contributed by atoms with van der Waals surface area (Å²) in [4.78, 5) is 24.5. The molecule has 6 heteroatoms.